The van der Waals surface area contributed by atoms with Crippen molar-refractivity contribution in [2.45, 2.75) is 57.0 Å². The van der Waals surface area contributed by atoms with E-state index in [0.717, 1.165) is 32.0 Å². The monoisotopic (exact) mass is 277 g/mol. The Hall–Kier alpha value is -0.800. The lowest BCUT2D eigenvalue weighted by Gasteiger charge is -2.32. The molecule has 1 aliphatic carbocycles. The van der Waals surface area contributed by atoms with Gasteiger partial charge in [0.2, 0.25) is 0 Å². The fourth-order valence-corrected chi connectivity index (χ4v) is 3.73. The van der Waals surface area contributed by atoms with Crippen LogP contribution >= 0.6 is 0 Å². The van der Waals surface area contributed by atoms with Gasteiger partial charge >= 0.3 is 0 Å². The molecular weight excluding hydrogens is 250 g/mol. The molecular formula is C17H27NO2. The van der Waals surface area contributed by atoms with Crippen LogP contribution in [0.5, 0.6) is 0 Å². The Morgan fingerprint density at radius 1 is 1.20 bits per heavy atom. The Balaban J connectivity index is 1.47. The van der Waals surface area contributed by atoms with E-state index in [1.807, 2.05) is 6.26 Å². The highest BCUT2D eigenvalue weighted by atomic mass is 16.5. The second-order valence-electron chi connectivity index (χ2n) is 6.36. The van der Waals surface area contributed by atoms with Gasteiger partial charge in [-0.25, -0.2) is 0 Å². The molecule has 1 aromatic heterocycles. The predicted octanol–water partition coefficient (Wildman–Crippen LogP) is 3.71. The molecule has 1 aliphatic heterocycles. The molecule has 1 saturated carbocycles. The van der Waals surface area contributed by atoms with E-state index in [1.54, 1.807) is 6.26 Å². The summed E-state index contributed by atoms with van der Waals surface area (Å²) in [5.74, 6) is 1.41. The fraction of sp³-hybridized carbons (Fsp3) is 0.765. The number of nitrogens with one attached hydrogen (secondary N) is 1. The van der Waals surface area contributed by atoms with Crippen LogP contribution in [-0.2, 0) is 4.74 Å². The first kappa shape index (κ1) is 14.2. The van der Waals surface area contributed by atoms with Crippen molar-refractivity contribution in [3.8, 4) is 0 Å². The number of rotatable bonds is 5. The van der Waals surface area contributed by atoms with Gasteiger partial charge in [-0.3, -0.25) is 0 Å². The van der Waals surface area contributed by atoms with Crippen LogP contribution in [0.4, 0.5) is 0 Å². The quantitative estimate of drug-likeness (QED) is 0.891. The van der Waals surface area contributed by atoms with E-state index in [9.17, 15) is 0 Å². The molecule has 2 atom stereocenters. The van der Waals surface area contributed by atoms with Crippen LogP contribution in [0.3, 0.4) is 0 Å². The topological polar surface area (TPSA) is 34.4 Å². The van der Waals surface area contributed by atoms with E-state index in [-0.39, 0.29) is 0 Å². The van der Waals surface area contributed by atoms with E-state index >= 15 is 0 Å². The average molecular weight is 277 g/mol. The van der Waals surface area contributed by atoms with Crippen molar-refractivity contribution in [3.63, 3.8) is 0 Å². The second-order valence-corrected chi connectivity index (χ2v) is 6.36. The summed E-state index contributed by atoms with van der Waals surface area (Å²) in [7, 11) is 0. The zero-order valence-corrected chi connectivity index (χ0v) is 12.4. The van der Waals surface area contributed by atoms with Crippen molar-refractivity contribution >= 4 is 0 Å². The molecule has 0 amide bonds. The van der Waals surface area contributed by atoms with Gasteiger partial charge < -0.3 is 14.5 Å². The molecule has 0 aromatic carbocycles. The molecule has 1 aromatic rings. The van der Waals surface area contributed by atoms with Crippen molar-refractivity contribution < 1.29 is 9.15 Å². The van der Waals surface area contributed by atoms with Crippen molar-refractivity contribution in [3.05, 3.63) is 24.2 Å². The summed E-state index contributed by atoms with van der Waals surface area (Å²) in [5, 5.41) is 3.46. The Bertz CT molecular complexity index is 370. The van der Waals surface area contributed by atoms with Crippen LogP contribution in [0.15, 0.2) is 23.0 Å². The van der Waals surface area contributed by atoms with E-state index in [0.29, 0.717) is 12.0 Å². The second kappa shape index (κ2) is 7.28. The first-order valence-corrected chi connectivity index (χ1v) is 8.28. The van der Waals surface area contributed by atoms with Gasteiger partial charge in [0.15, 0.2) is 0 Å². The molecule has 0 bridgehead atoms. The van der Waals surface area contributed by atoms with Crippen molar-refractivity contribution in [2.24, 2.45) is 5.92 Å². The van der Waals surface area contributed by atoms with Crippen LogP contribution in [0.1, 0.15) is 56.4 Å². The number of ether oxygens (including phenoxy) is 1. The third kappa shape index (κ3) is 3.64. The van der Waals surface area contributed by atoms with Crippen LogP contribution in [0.25, 0.3) is 0 Å². The molecule has 112 valence electrons. The van der Waals surface area contributed by atoms with Crippen LogP contribution < -0.4 is 5.32 Å². The molecule has 3 rings (SSSR count). The summed E-state index contributed by atoms with van der Waals surface area (Å²) in [6.45, 7) is 2.98. The first-order valence-electron chi connectivity index (χ1n) is 8.28. The smallest absolute Gasteiger partial charge is 0.0938 e. The lowest BCUT2D eigenvalue weighted by molar-refractivity contribution is 0.0130. The average Bonchev–Trinajstić information content (AvgIpc) is 3.03. The van der Waals surface area contributed by atoms with Crippen molar-refractivity contribution in [1.82, 2.24) is 5.32 Å². The number of hydrogen-bond donors (Lipinski definition) is 1. The molecule has 1 saturated heterocycles. The normalized spacial score (nSPS) is 28.6. The highest BCUT2D eigenvalue weighted by Gasteiger charge is 2.28. The molecule has 2 heterocycles. The van der Waals surface area contributed by atoms with Gasteiger partial charge in [0.1, 0.15) is 0 Å². The SMILES string of the molecule is c1cc([C@H]2CCNC[C@H]2OCCC2CCCCC2)co1. The van der Waals surface area contributed by atoms with E-state index in [4.69, 9.17) is 9.15 Å². The van der Waals surface area contributed by atoms with Crippen LogP contribution in [0.2, 0.25) is 0 Å². The molecule has 2 fully saturated rings. The first-order chi connectivity index (χ1) is 9.93. The van der Waals surface area contributed by atoms with Gasteiger partial charge in [0.25, 0.3) is 0 Å². The Morgan fingerprint density at radius 3 is 2.90 bits per heavy atom. The molecule has 3 heteroatoms. The minimum Gasteiger partial charge on any atom is -0.472 e. The summed E-state index contributed by atoms with van der Waals surface area (Å²) in [4.78, 5) is 0. The third-order valence-electron chi connectivity index (χ3n) is 4.98. The van der Waals surface area contributed by atoms with E-state index in [2.05, 4.69) is 11.4 Å². The third-order valence-corrected chi connectivity index (χ3v) is 4.98. The molecule has 0 spiro atoms. The van der Waals surface area contributed by atoms with Gasteiger partial charge in [-0.1, -0.05) is 32.1 Å². The zero-order valence-electron chi connectivity index (χ0n) is 12.4. The largest absolute Gasteiger partial charge is 0.472 e. The highest BCUT2D eigenvalue weighted by Crippen LogP contribution is 2.30. The lowest BCUT2D eigenvalue weighted by Crippen LogP contribution is -2.41. The van der Waals surface area contributed by atoms with Crippen LogP contribution in [-0.4, -0.2) is 25.8 Å². The fourth-order valence-electron chi connectivity index (χ4n) is 3.73. The summed E-state index contributed by atoms with van der Waals surface area (Å²) in [6, 6.07) is 2.09. The van der Waals surface area contributed by atoms with E-state index in [1.165, 1.54) is 44.1 Å². The van der Waals surface area contributed by atoms with Crippen molar-refractivity contribution in [2.75, 3.05) is 19.7 Å². The molecule has 3 nitrogen and oxygen atoms in total. The lowest BCUT2D eigenvalue weighted by atomic mass is 9.87. The van der Waals surface area contributed by atoms with Crippen LogP contribution in [0, 0.1) is 5.92 Å². The maximum atomic E-state index is 6.22. The molecule has 20 heavy (non-hydrogen) atoms. The highest BCUT2D eigenvalue weighted by molar-refractivity contribution is 5.15. The summed E-state index contributed by atoms with van der Waals surface area (Å²) in [6.07, 6.45) is 13.5. The number of piperidine rings is 1. The number of furan rings is 1. The maximum Gasteiger partial charge on any atom is 0.0938 e. The standard InChI is InChI=1S/C17H27NO2/c1-2-4-14(5-3-1)7-11-20-17-12-18-9-6-16(17)15-8-10-19-13-15/h8,10,13-14,16-18H,1-7,9,11-12H2/t16-,17-/m1/s1. The minimum absolute atomic E-state index is 0.310. The van der Waals surface area contributed by atoms with Gasteiger partial charge in [0.05, 0.1) is 18.6 Å². The Morgan fingerprint density at radius 2 is 2.10 bits per heavy atom. The summed E-state index contributed by atoms with van der Waals surface area (Å²) in [5.41, 5.74) is 1.30. The molecule has 0 unspecified atom stereocenters. The molecule has 0 radical (unpaired) electrons. The van der Waals surface area contributed by atoms with Gasteiger partial charge in [-0.15, -0.1) is 0 Å². The molecule has 1 N–H and O–H groups in total. The Kier molecular flexibility index (Phi) is 5.15. The maximum absolute atomic E-state index is 6.22. The molecule has 2 aliphatic rings. The summed E-state index contributed by atoms with van der Waals surface area (Å²) < 4.78 is 11.5. The van der Waals surface area contributed by atoms with Gasteiger partial charge in [-0.2, -0.15) is 0 Å². The van der Waals surface area contributed by atoms with Gasteiger partial charge in [-0.05, 0) is 36.9 Å². The summed E-state index contributed by atoms with van der Waals surface area (Å²) >= 11 is 0. The minimum atomic E-state index is 0.310. The Labute approximate surface area is 122 Å². The number of hydrogen-bond acceptors (Lipinski definition) is 3. The van der Waals surface area contributed by atoms with E-state index < -0.39 is 0 Å². The van der Waals surface area contributed by atoms with Crippen molar-refractivity contribution in [1.29, 1.82) is 0 Å². The predicted molar refractivity (Wildman–Crippen MR) is 79.9 cm³/mol. The zero-order chi connectivity index (χ0) is 13.6. The van der Waals surface area contributed by atoms with Gasteiger partial charge in [0, 0.05) is 19.1 Å².